The average molecular weight is 472 g/mol. The molecule has 0 fully saturated rings. The molecule has 2 heteroatoms. The van der Waals surface area contributed by atoms with Crippen LogP contribution in [0.5, 0.6) is 0 Å². The van der Waals surface area contributed by atoms with E-state index in [2.05, 4.69) is 103 Å². The molecular weight excluding hydrogens is 450 g/mol. The van der Waals surface area contributed by atoms with Gasteiger partial charge in [0, 0.05) is 16.3 Å². The van der Waals surface area contributed by atoms with Gasteiger partial charge in [-0.1, -0.05) is 103 Å². The molecule has 0 amide bonds. The van der Waals surface area contributed by atoms with Gasteiger partial charge in [0.25, 0.3) is 0 Å². The molecule has 0 aliphatic carbocycles. The second-order valence-corrected chi connectivity index (χ2v) is 9.55. The Bertz CT molecular complexity index is 2080. The molecule has 2 aliphatic heterocycles. The van der Waals surface area contributed by atoms with Gasteiger partial charge < -0.3 is 4.42 Å². The third-order valence-corrected chi connectivity index (χ3v) is 7.45. The molecule has 2 nitrogen and oxygen atoms in total. The number of hydrogen-bond acceptors (Lipinski definition) is 2. The fourth-order valence-corrected chi connectivity index (χ4v) is 5.72. The van der Waals surface area contributed by atoms with Crippen LogP contribution in [0.4, 0.5) is 0 Å². The number of nitrogens with zero attached hydrogens (tertiary/aromatic N) is 1. The van der Waals surface area contributed by atoms with E-state index >= 15 is 0 Å². The molecule has 6 aromatic rings. The van der Waals surface area contributed by atoms with Crippen LogP contribution in [0.25, 0.3) is 77.1 Å². The number of fused-ring (bicyclic) bond motifs is 8. The summed E-state index contributed by atoms with van der Waals surface area (Å²) < 4.78 is 6.56. The van der Waals surface area contributed by atoms with Gasteiger partial charge in [0.15, 0.2) is 0 Å². The van der Waals surface area contributed by atoms with Gasteiger partial charge in [-0.05, 0) is 56.9 Å². The lowest BCUT2D eigenvalue weighted by Gasteiger charge is -2.13. The minimum Gasteiger partial charge on any atom is -0.455 e. The first kappa shape index (κ1) is 20.3. The van der Waals surface area contributed by atoms with Crippen LogP contribution in [0, 0.1) is 0 Å². The van der Waals surface area contributed by atoms with Crippen molar-refractivity contribution in [2.24, 2.45) is 0 Å². The van der Waals surface area contributed by atoms with Crippen LogP contribution < -0.4 is 0 Å². The van der Waals surface area contributed by atoms with Crippen LogP contribution in [0.15, 0.2) is 132 Å². The largest absolute Gasteiger partial charge is 0.455 e. The van der Waals surface area contributed by atoms with Crippen molar-refractivity contribution in [3.8, 4) is 33.7 Å². The number of aromatic nitrogens is 1. The highest BCUT2D eigenvalue weighted by atomic mass is 16.3. The zero-order valence-electron chi connectivity index (χ0n) is 20.0. The average Bonchev–Trinajstić information content (AvgIpc) is 3.37. The van der Waals surface area contributed by atoms with E-state index in [0.717, 1.165) is 44.5 Å². The van der Waals surface area contributed by atoms with Gasteiger partial charge in [-0.3, -0.25) is 0 Å². The summed E-state index contributed by atoms with van der Waals surface area (Å²) in [4.78, 5) is 5.00. The molecule has 0 saturated heterocycles. The molecule has 0 N–H and O–H groups in total. The lowest BCUT2D eigenvalue weighted by atomic mass is 9.92. The van der Waals surface area contributed by atoms with Crippen LogP contribution in [0.2, 0.25) is 0 Å². The zero-order valence-corrected chi connectivity index (χ0v) is 20.0. The molecule has 6 aromatic carbocycles. The van der Waals surface area contributed by atoms with Crippen molar-refractivity contribution in [1.82, 2.24) is 4.98 Å². The third-order valence-electron chi connectivity index (χ3n) is 7.45. The molecular formula is C35H21NO. The topological polar surface area (TPSA) is 26.0 Å². The maximum absolute atomic E-state index is 6.56. The first-order chi connectivity index (χ1) is 18.3. The Kier molecular flexibility index (Phi) is 4.26. The number of rotatable bonds is 2. The lowest BCUT2D eigenvalue weighted by molar-refractivity contribution is 0.622. The molecule has 0 radical (unpaired) electrons. The fourth-order valence-electron chi connectivity index (χ4n) is 5.72. The van der Waals surface area contributed by atoms with Crippen LogP contribution in [0.1, 0.15) is 0 Å². The minimum absolute atomic E-state index is 0.845. The molecule has 172 valence electrons. The first-order valence-corrected chi connectivity index (χ1v) is 12.6. The zero-order chi connectivity index (χ0) is 24.3. The van der Waals surface area contributed by atoms with Crippen molar-refractivity contribution < 1.29 is 4.42 Å². The Balaban J connectivity index is 1.35. The number of benzene rings is 6. The van der Waals surface area contributed by atoms with E-state index in [1.54, 1.807) is 0 Å². The lowest BCUT2D eigenvalue weighted by Crippen LogP contribution is -1.89. The summed E-state index contributed by atoms with van der Waals surface area (Å²) in [5.74, 6) is 0.859. The van der Waals surface area contributed by atoms with Gasteiger partial charge in [-0.25, -0.2) is 4.98 Å². The summed E-state index contributed by atoms with van der Waals surface area (Å²) in [5, 5.41) is 7.23. The van der Waals surface area contributed by atoms with Crippen LogP contribution >= 0.6 is 0 Å². The highest BCUT2D eigenvalue weighted by molar-refractivity contribution is 6.14. The molecule has 37 heavy (non-hydrogen) atoms. The summed E-state index contributed by atoms with van der Waals surface area (Å²) in [6.45, 7) is 0. The van der Waals surface area contributed by atoms with Gasteiger partial charge in [0.1, 0.15) is 11.3 Å². The number of para-hydroxylation sites is 2. The Morgan fingerprint density at radius 3 is 1.95 bits per heavy atom. The van der Waals surface area contributed by atoms with Crippen LogP contribution in [0.3, 0.4) is 0 Å². The summed E-state index contributed by atoms with van der Waals surface area (Å²) in [5.41, 5.74) is 7.36. The fraction of sp³-hybridized carbons (Fsp3) is 0. The van der Waals surface area contributed by atoms with E-state index in [9.17, 15) is 0 Å². The smallest absolute Gasteiger partial charge is 0.144 e. The van der Waals surface area contributed by atoms with Crippen molar-refractivity contribution in [3.05, 3.63) is 127 Å². The summed E-state index contributed by atoms with van der Waals surface area (Å²) >= 11 is 0. The second-order valence-electron chi connectivity index (χ2n) is 9.55. The minimum atomic E-state index is 0.845. The predicted molar refractivity (Wildman–Crippen MR) is 154 cm³/mol. The second kappa shape index (κ2) is 7.78. The molecule has 0 unspecified atom stereocenters. The van der Waals surface area contributed by atoms with Gasteiger partial charge in [-0.15, -0.1) is 0 Å². The standard InChI is InChI=1S/C35H21NO/c1-2-10-25-24(9-1)21-30(27-12-4-3-11-26(25)27)22-17-19-23(20-18-22)35-33-28-13-5-7-15-31(28)36-34(33)29-14-6-8-16-32(29)37-35/h1-21H. The maximum atomic E-state index is 6.56. The maximum Gasteiger partial charge on any atom is 0.144 e. The molecule has 0 spiro atoms. The van der Waals surface area contributed by atoms with E-state index in [4.69, 9.17) is 9.40 Å². The molecule has 2 heterocycles. The quantitative estimate of drug-likeness (QED) is 0.235. The molecule has 8 rings (SSSR count). The van der Waals surface area contributed by atoms with Crippen LogP contribution in [-0.4, -0.2) is 4.98 Å². The normalized spacial score (nSPS) is 11.8. The van der Waals surface area contributed by atoms with Crippen molar-refractivity contribution in [1.29, 1.82) is 0 Å². The summed E-state index contributed by atoms with van der Waals surface area (Å²) in [7, 11) is 0. The van der Waals surface area contributed by atoms with E-state index < -0.39 is 0 Å². The predicted octanol–water partition coefficient (Wildman–Crippen LogP) is 9.73. The summed E-state index contributed by atoms with van der Waals surface area (Å²) in [6, 6.07) is 44.8. The highest BCUT2D eigenvalue weighted by Gasteiger charge is 2.23. The van der Waals surface area contributed by atoms with Gasteiger partial charge >= 0.3 is 0 Å². The van der Waals surface area contributed by atoms with Crippen molar-refractivity contribution in [2.75, 3.05) is 0 Å². The van der Waals surface area contributed by atoms with E-state index in [1.807, 2.05) is 24.3 Å². The SMILES string of the molecule is c1ccc2c(c1)cc(-c1ccc(-c3oc4ccccc4c4nc5ccccc5c3-4)cc1)c1ccccc12. The van der Waals surface area contributed by atoms with Crippen molar-refractivity contribution in [3.63, 3.8) is 0 Å². The van der Waals surface area contributed by atoms with Gasteiger partial charge in [-0.2, -0.15) is 0 Å². The Morgan fingerprint density at radius 1 is 0.486 bits per heavy atom. The van der Waals surface area contributed by atoms with Crippen LogP contribution in [-0.2, 0) is 0 Å². The third kappa shape index (κ3) is 3.03. The molecule has 2 aliphatic rings. The van der Waals surface area contributed by atoms with Gasteiger partial charge in [0.2, 0.25) is 0 Å². The Morgan fingerprint density at radius 2 is 1.11 bits per heavy atom. The summed E-state index contributed by atoms with van der Waals surface area (Å²) in [6.07, 6.45) is 0. The van der Waals surface area contributed by atoms with Crippen molar-refractivity contribution >= 4 is 43.4 Å². The monoisotopic (exact) mass is 471 g/mol. The molecule has 0 bridgehead atoms. The first-order valence-electron chi connectivity index (χ1n) is 12.6. The van der Waals surface area contributed by atoms with E-state index in [-0.39, 0.29) is 0 Å². The highest BCUT2D eigenvalue weighted by Crippen LogP contribution is 2.44. The Labute approximate surface area is 213 Å². The molecule has 0 aromatic heterocycles. The van der Waals surface area contributed by atoms with Crippen molar-refractivity contribution in [2.45, 2.75) is 0 Å². The van der Waals surface area contributed by atoms with E-state index in [0.29, 0.717) is 0 Å². The molecule has 0 atom stereocenters. The van der Waals surface area contributed by atoms with Gasteiger partial charge in [0.05, 0.1) is 16.8 Å². The van der Waals surface area contributed by atoms with E-state index in [1.165, 1.54) is 32.7 Å². The molecule has 0 saturated carbocycles. The number of hydrogen-bond donors (Lipinski definition) is 0. The Hall–Kier alpha value is -4.95.